The molecule has 0 aliphatic rings. The van der Waals surface area contributed by atoms with Gasteiger partial charge in [-0.25, -0.2) is 14.5 Å². The number of thioether (sulfide) groups is 1. The van der Waals surface area contributed by atoms with Crippen molar-refractivity contribution in [2.24, 2.45) is 0 Å². The molecule has 4 aromatic rings. The summed E-state index contributed by atoms with van der Waals surface area (Å²) in [7, 11) is 0. The number of halogens is 1. The fourth-order valence-electron chi connectivity index (χ4n) is 3.01. The monoisotopic (exact) mass is 454 g/mol. The summed E-state index contributed by atoms with van der Waals surface area (Å²) in [5.41, 5.74) is 2.05. The molecule has 0 amide bonds. The highest BCUT2D eigenvalue weighted by Gasteiger charge is 2.14. The summed E-state index contributed by atoms with van der Waals surface area (Å²) in [4.78, 5) is 33.1. The topological polar surface area (TPSA) is 89.3 Å². The normalized spacial score (nSPS) is 11.0. The number of esters is 1. The number of hydrogen-bond acceptors (Lipinski definition) is 6. The second-order valence-electron chi connectivity index (χ2n) is 6.81. The quantitative estimate of drug-likeness (QED) is 0.253. The summed E-state index contributed by atoms with van der Waals surface area (Å²) >= 11 is 7.11. The number of aryl methyl sites for hydroxylation is 1. The standard InChI is InChI=1S/C22H19ClN4O3S/c1-2-3-14-4-10-17(11-5-14)30-20(29)13-31-22-25-21(15-6-8-16(23)9-7-15)24-18-12-19(28)26-27(18)22/h4-12H,2-3,13H2,1H3,(H,26,28). The Labute approximate surface area is 187 Å². The van der Waals surface area contributed by atoms with E-state index in [1.165, 1.54) is 16.1 Å². The first-order valence-corrected chi connectivity index (χ1v) is 11.1. The molecule has 1 N–H and O–H groups in total. The van der Waals surface area contributed by atoms with E-state index in [-0.39, 0.29) is 11.3 Å². The Morgan fingerprint density at radius 3 is 2.58 bits per heavy atom. The van der Waals surface area contributed by atoms with Crippen molar-refractivity contribution in [2.75, 3.05) is 5.75 Å². The van der Waals surface area contributed by atoms with Crippen LogP contribution in [0.5, 0.6) is 5.75 Å². The Morgan fingerprint density at radius 1 is 1.13 bits per heavy atom. The molecule has 0 bridgehead atoms. The molecule has 0 saturated carbocycles. The van der Waals surface area contributed by atoms with Crippen LogP contribution in [-0.4, -0.2) is 31.3 Å². The molecule has 0 saturated heterocycles. The fourth-order valence-corrected chi connectivity index (χ4v) is 3.86. The van der Waals surface area contributed by atoms with Gasteiger partial charge in [0.15, 0.2) is 16.6 Å². The summed E-state index contributed by atoms with van der Waals surface area (Å²) in [6.07, 6.45) is 2.04. The number of ether oxygens (including phenoxy) is 1. The molecule has 7 nitrogen and oxygen atoms in total. The van der Waals surface area contributed by atoms with Crippen LogP contribution < -0.4 is 10.3 Å². The molecule has 0 atom stereocenters. The summed E-state index contributed by atoms with van der Waals surface area (Å²) in [5.74, 6) is 0.526. The highest BCUT2D eigenvalue weighted by molar-refractivity contribution is 7.99. The lowest BCUT2D eigenvalue weighted by molar-refractivity contribution is -0.131. The van der Waals surface area contributed by atoms with Crippen molar-refractivity contribution in [3.05, 3.63) is 75.5 Å². The number of hydrogen-bond donors (Lipinski definition) is 1. The zero-order valence-electron chi connectivity index (χ0n) is 16.7. The molecule has 158 valence electrons. The minimum absolute atomic E-state index is 0.0170. The third-order valence-electron chi connectivity index (χ3n) is 4.44. The van der Waals surface area contributed by atoms with Gasteiger partial charge in [0.05, 0.1) is 5.75 Å². The molecular formula is C22H19ClN4O3S. The zero-order chi connectivity index (χ0) is 21.8. The first-order chi connectivity index (χ1) is 15.0. The van der Waals surface area contributed by atoms with Crippen molar-refractivity contribution >= 4 is 35.0 Å². The van der Waals surface area contributed by atoms with E-state index in [0.29, 0.717) is 27.4 Å². The minimum Gasteiger partial charge on any atom is -0.426 e. The number of nitrogens with one attached hydrogen (secondary N) is 1. The van der Waals surface area contributed by atoms with E-state index < -0.39 is 5.97 Å². The predicted octanol–water partition coefficient (Wildman–Crippen LogP) is 4.39. The van der Waals surface area contributed by atoms with Gasteiger partial charge in [0.2, 0.25) is 0 Å². The molecule has 0 fully saturated rings. The van der Waals surface area contributed by atoms with Gasteiger partial charge in [-0.2, -0.15) is 0 Å². The third-order valence-corrected chi connectivity index (χ3v) is 5.60. The van der Waals surface area contributed by atoms with Crippen LogP contribution >= 0.6 is 23.4 Å². The number of carbonyl (C=O) groups is 1. The molecule has 9 heteroatoms. The number of aromatic nitrogens is 4. The second-order valence-corrected chi connectivity index (χ2v) is 8.19. The lowest BCUT2D eigenvalue weighted by Gasteiger charge is -2.08. The van der Waals surface area contributed by atoms with Crippen LogP contribution in [0.4, 0.5) is 0 Å². The van der Waals surface area contributed by atoms with E-state index in [0.717, 1.165) is 30.2 Å². The Kier molecular flexibility index (Phi) is 6.39. The molecule has 2 aromatic heterocycles. The average Bonchev–Trinajstić information content (AvgIpc) is 3.14. The zero-order valence-corrected chi connectivity index (χ0v) is 18.2. The summed E-state index contributed by atoms with van der Waals surface area (Å²) in [6.45, 7) is 2.12. The lowest BCUT2D eigenvalue weighted by Crippen LogP contribution is -2.12. The van der Waals surface area contributed by atoms with Gasteiger partial charge in [0, 0.05) is 16.7 Å². The Balaban J connectivity index is 1.52. The van der Waals surface area contributed by atoms with E-state index in [2.05, 4.69) is 22.0 Å². The third kappa shape index (κ3) is 5.15. The van der Waals surface area contributed by atoms with Crippen molar-refractivity contribution in [3.63, 3.8) is 0 Å². The molecular weight excluding hydrogens is 436 g/mol. The number of fused-ring (bicyclic) bond motifs is 1. The number of rotatable bonds is 7. The van der Waals surface area contributed by atoms with Gasteiger partial charge >= 0.3 is 5.97 Å². The van der Waals surface area contributed by atoms with Crippen LogP contribution in [0.2, 0.25) is 5.02 Å². The maximum Gasteiger partial charge on any atom is 0.321 e. The van der Waals surface area contributed by atoms with Gasteiger partial charge in [-0.1, -0.05) is 48.8 Å². The molecule has 2 heterocycles. The van der Waals surface area contributed by atoms with Gasteiger partial charge < -0.3 is 4.74 Å². The Bertz CT molecular complexity index is 1270. The van der Waals surface area contributed by atoms with Crippen molar-refractivity contribution in [1.29, 1.82) is 0 Å². The first kappa shape index (κ1) is 21.1. The molecule has 2 aromatic carbocycles. The van der Waals surface area contributed by atoms with Crippen LogP contribution in [-0.2, 0) is 11.2 Å². The van der Waals surface area contributed by atoms with Gasteiger partial charge in [-0.3, -0.25) is 14.7 Å². The summed E-state index contributed by atoms with van der Waals surface area (Å²) in [6, 6.07) is 15.9. The molecule has 4 rings (SSSR count). The smallest absolute Gasteiger partial charge is 0.321 e. The van der Waals surface area contributed by atoms with E-state index in [1.54, 1.807) is 36.4 Å². The lowest BCUT2D eigenvalue weighted by atomic mass is 10.1. The number of carbonyl (C=O) groups excluding carboxylic acids is 1. The number of aromatic amines is 1. The fraction of sp³-hybridized carbons (Fsp3) is 0.182. The number of H-pyrrole nitrogens is 1. The molecule has 0 spiro atoms. The first-order valence-electron chi connectivity index (χ1n) is 9.70. The highest BCUT2D eigenvalue weighted by atomic mass is 35.5. The van der Waals surface area contributed by atoms with Crippen LogP contribution in [0.25, 0.3) is 17.0 Å². The van der Waals surface area contributed by atoms with Crippen LogP contribution in [0.15, 0.2) is 64.5 Å². The molecule has 0 aliphatic carbocycles. The Hall–Kier alpha value is -3.10. The van der Waals surface area contributed by atoms with E-state index in [9.17, 15) is 9.59 Å². The summed E-state index contributed by atoms with van der Waals surface area (Å²) in [5, 5.41) is 3.67. The van der Waals surface area contributed by atoms with Gasteiger partial charge in [-0.05, 0) is 48.4 Å². The van der Waals surface area contributed by atoms with Crippen molar-refractivity contribution < 1.29 is 9.53 Å². The summed E-state index contributed by atoms with van der Waals surface area (Å²) < 4.78 is 6.87. The predicted molar refractivity (Wildman–Crippen MR) is 121 cm³/mol. The van der Waals surface area contributed by atoms with Crippen molar-refractivity contribution in [2.45, 2.75) is 24.9 Å². The number of nitrogens with zero attached hydrogens (tertiary/aromatic N) is 3. The van der Waals surface area contributed by atoms with E-state index in [4.69, 9.17) is 16.3 Å². The van der Waals surface area contributed by atoms with Crippen LogP contribution in [0, 0.1) is 0 Å². The molecule has 31 heavy (non-hydrogen) atoms. The van der Waals surface area contributed by atoms with Crippen molar-refractivity contribution in [3.8, 4) is 17.1 Å². The van der Waals surface area contributed by atoms with Crippen molar-refractivity contribution in [1.82, 2.24) is 19.6 Å². The SMILES string of the molecule is CCCc1ccc(OC(=O)CSc2nc(-c3ccc(Cl)cc3)nc3cc(=O)[nH]n23)cc1. The molecule has 0 aliphatic heterocycles. The largest absolute Gasteiger partial charge is 0.426 e. The average molecular weight is 455 g/mol. The van der Waals surface area contributed by atoms with Gasteiger partial charge in [0.25, 0.3) is 5.56 Å². The number of benzene rings is 2. The van der Waals surface area contributed by atoms with E-state index in [1.807, 2.05) is 12.1 Å². The highest BCUT2D eigenvalue weighted by Crippen LogP contribution is 2.23. The second kappa shape index (κ2) is 9.36. The maximum atomic E-state index is 12.3. The van der Waals surface area contributed by atoms with Gasteiger partial charge in [0.1, 0.15) is 5.75 Å². The van der Waals surface area contributed by atoms with E-state index >= 15 is 0 Å². The van der Waals surface area contributed by atoms with Crippen LogP contribution in [0.1, 0.15) is 18.9 Å². The minimum atomic E-state index is -0.414. The molecule has 0 radical (unpaired) electrons. The van der Waals surface area contributed by atoms with Gasteiger partial charge in [-0.15, -0.1) is 0 Å². The Morgan fingerprint density at radius 2 is 1.87 bits per heavy atom. The van der Waals surface area contributed by atoms with Crippen LogP contribution in [0.3, 0.4) is 0 Å². The maximum absolute atomic E-state index is 12.3. The molecule has 0 unspecified atom stereocenters.